The van der Waals surface area contributed by atoms with E-state index in [1.54, 1.807) is 19.1 Å². The van der Waals surface area contributed by atoms with E-state index >= 15 is 0 Å². The lowest BCUT2D eigenvalue weighted by atomic mass is 10.0. The molecule has 0 saturated heterocycles. The topological polar surface area (TPSA) is 54.6 Å². The fourth-order valence-electron chi connectivity index (χ4n) is 2.23. The Kier molecular flexibility index (Phi) is 3.74. The smallest absolute Gasteiger partial charge is 0.307 e. The number of furan rings is 1. The maximum Gasteiger partial charge on any atom is 0.307 e. The monoisotopic (exact) mass is 292 g/mol. The molecule has 1 amide bonds. The number of hydrazone groups is 1. The Morgan fingerprint density at radius 3 is 2.55 bits per heavy atom. The molecule has 3 aromatic rings. The Morgan fingerprint density at radius 1 is 1.05 bits per heavy atom. The minimum absolute atomic E-state index is 0.257. The fourth-order valence-corrected chi connectivity index (χ4v) is 2.23. The molecule has 1 heterocycles. The van der Waals surface area contributed by atoms with Crippen LogP contribution in [0.3, 0.4) is 0 Å². The van der Waals surface area contributed by atoms with Gasteiger partial charge in [-0.1, -0.05) is 36.4 Å². The highest BCUT2D eigenvalue weighted by Crippen LogP contribution is 2.16. The number of benzene rings is 2. The molecule has 0 radical (unpaired) electrons. The first-order chi connectivity index (χ1) is 10.6. The van der Waals surface area contributed by atoms with Crippen LogP contribution in [0.4, 0.5) is 0 Å². The SMILES string of the molecule is CC(=NNC(=O)c1ccc(C)o1)c1ccc2ccccc2c1. The quantitative estimate of drug-likeness (QED) is 0.588. The summed E-state index contributed by atoms with van der Waals surface area (Å²) in [4.78, 5) is 11.9. The van der Waals surface area contributed by atoms with Crippen LogP contribution >= 0.6 is 0 Å². The summed E-state index contributed by atoms with van der Waals surface area (Å²) in [6.07, 6.45) is 0. The molecular formula is C18H16N2O2. The molecule has 2 aromatic carbocycles. The van der Waals surface area contributed by atoms with Crippen LogP contribution in [-0.2, 0) is 0 Å². The molecule has 0 spiro atoms. The molecule has 0 aliphatic heterocycles. The molecule has 0 bridgehead atoms. The first-order valence-corrected chi connectivity index (χ1v) is 7.04. The van der Waals surface area contributed by atoms with Crippen molar-refractivity contribution in [3.05, 3.63) is 71.7 Å². The predicted molar refractivity (Wildman–Crippen MR) is 87.1 cm³/mol. The average molecular weight is 292 g/mol. The van der Waals surface area contributed by atoms with Crippen LogP contribution in [0.2, 0.25) is 0 Å². The minimum Gasteiger partial charge on any atom is -0.456 e. The lowest BCUT2D eigenvalue weighted by Crippen LogP contribution is -2.18. The van der Waals surface area contributed by atoms with Crippen molar-refractivity contribution in [2.75, 3.05) is 0 Å². The highest BCUT2D eigenvalue weighted by atomic mass is 16.3. The highest BCUT2D eigenvalue weighted by Gasteiger charge is 2.09. The van der Waals surface area contributed by atoms with E-state index in [-0.39, 0.29) is 11.7 Å². The summed E-state index contributed by atoms with van der Waals surface area (Å²) in [6.45, 7) is 3.65. The number of aryl methyl sites for hydroxylation is 1. The van der Waals surface area contributed by atoms with Gasteiger partial charge >= 0.3 is 5.91 Å². The van der Waals surface area contributed by atoms with Crippen LogP contribution < -0.4 is 5.43 Å². The van der Waals surface area contributed by atoms with Crippen molar-refractivity contribution in [3.8, 4) is 0 Å². The Bertz CT molecular complexity index is 862. The Balaban J connectivity index is 1.79. The number of hydrogen-bond donors (Lipinski definition) is 1. The van der Waals surface area contributed by atoms with Gasteiger partial charge in [-0.15, -0.1) is 0 Å². The molecule has 4 nitrogen and oxygen atoms in total. The third-order valence-corrected chi connectivity index (χ3v) is 3.46. The first kappa shape index (κ1) is 14.1. The van der Waals surface area contributed by atoms with Gasteiger partial charge in [-0.25, -0.2) is 5.43 Å². The van der Waals surface area contributed by atoms with Crippen molar-refractivity contribution in [2.45, 2.75) is 13.8 Å². The first-order valence-electron chi connectivity index (χ1n) is 7.04. The Hall–Kier alpha value is -2.88. The lowest BCUT2D eigenvalue weighted by Gasteiger charge is -2.04. The second kappa shape index (κ2) is 5.85. The van der Waals surface area contributed by atoms with E-state index < -0.39 is 0 Å². The zero-order valence-electron chi connectivity index (χ0n) is 12.5. The van der Waals surface area contributed by atoms with Gasteiger partial charge in [0, 0.05) is 0 Å². The molecule has 0 aliphatic carbocycles. The standard InChI is InChI=1S/C18H16N2O2/c1-12-7-10-17(22-12)18(21)20-19-13(2)15-9-8-14-5-3-4-6-16(14)11-15/h3-11H,1-2H3,(H,20,21). The van der Waals surface area contributed by atoms with Crippen molar-refractivity contribution < 1.29 is 9.21 Å². The molecule has 0 aliphatic rings. The van der Waals surface area contributed by atoms with Gasteiger partial charge in [0.25, 0.3) is 0 Å². The highest BCUT2D eigenvalue weighted by molar-refractivity contribution is 6.03. The second-order valence-electron chi connectivity index (χ2n) is 5.11. The Morgan fingerprint density at radius 2 is 1.82 bits per heavy atom. The van der Waals surface area contributed by atoms with Gasteiger partial charge in [-0.3, -0.25) is 4.79 Å². The van der Waals surface area contributed by atoms with Gasteiger partial charge < -0.3 is 4.42 Å². The van der Waals surface area contributed by atoms with E-state index in [0.717, 1.165) is 16.7 Å². The molecule has 0 saturated carbocycles. The number of carbonyl (C=O) groups excluding carboxylic acids is 1. The molecule has 0 atom stereocenters. The van der Waals surface area contributed by atoms with Gasteiger partial charge in [0.15, 0.2) is 5.76 Å². The predicted octanol–water partition coefficient (Wildman–Crippen LogP) is 3.90. The normalized spacial score (nSPS) is 11.6. The summed E-state index contributed by atoms with van der Waals surface area (Å²) >= 11 is 0. The van der Waals surface area contributed by atoms with Crippen LogP contribution in [0.15, 0.2) is 64.1 Å². The molecule has 22 heavy (non-hydrogen) atoms. The third-order valence-electron chi connectivity index (χ3n) is 3.46. The van der Waals surface area contributed by atoms with Crippen molar-refractivity contribution in [2.24, 2.45) is 5.10 Å². The van der Waals surface area contributed by atoms with Crippen LogP contribution in [0.1, 0.15) is 28.8 Å². The molecular weight excluding hydrogens is 276 g/mol. The van der Waals surface area contributed by atoms with E-state index in [1.165, 1.54) is 5.39 Å². The largest absolute Gasteiger partial charge is 0.456 e. The van der Waals surface area contributed by atoms with E-state index in [9.17, 15) is 4.79 Å². The fraction of sp³-hybridized carbons (Fsp3) is 0.111. The summed E-state index contributed by atoms with van der Waals surface area (Å²) in [5.74, 6) is 0.598. The molecule has 1 aromatic heterocycles. The number of amides is 1. The van der Waals surface area contributed by atoms with Crippen LogP contribution in [0.5, 0.6) is 0 Å². The van der Waals surface area contributed by atoms with Gasteiger partial charge in [-0.05, 0) is 48.4 Å². The maximum absolute atomic E-state index is 11.9. The summed E-state index contributed by atoms with van der Waals surface area (Å²) in [6, 6.07) is 17.6. The Labute approximate surface area is 128 Å². The lowest BCUT2D eigenvalue weighted by molar-refractivity contribution is 0.0926. The molecule has 3 rings (SSSR count). The van der Waals surface area contributed by atoms with Crippen molar-refractivity contribution in [1.29, 1.82) is 0 Å². The number of hydrogen-bond acceptors (Lipinski definition) is 3. The molecule has 4 heteroatoms. The summed E-state index contributed by atoms with van der Waals surface area (Å²) < 4.78 is 5.26. The number of rotatable bonds is 3. The maximum atomic E-state index is 11.9. The second-order valence-corrected chi connectivity index (χ2v) is 5.11. The summed E-state index contributed by atoms with van der Waals surface area (Å²) in [7, 11) is 0. The summed E-state index contributed by atoms with van der Waals surface area (Å²) in [5.41, 5.74) is 4.22. The molecule has 1 N–H and O–H groups in total. The van der Waals surface area contributed by atoms with Gasteiger partial charge in [0.1, 0.15) is 5.76 Å². The number of carbonyl (C=O) groups is 1. The summed E-state index contributed by atoms with van der Waals surface area (Å²) in [5, 5.41) is 6.46. The van der Waals surface area contributed by atoms with Gasteiger partial charge in [-0.2, -0.15) is 5.10 Å². The van der Waals surface area contributed by atoms with Crippen LogP contribution in [0, 0.1) is 6.92 Å². The molecule has 0 fully saturated rings. The number of fused-ring (bicyclic) bond motifs is 1. The zero-order valence-corrected chi connectivity index (χ0v) is 12.5. The molecule has 110 valence electrons. The van der Waals surface area contributed by atoms with E-state index in [0.29, 0.717) is 5.76 Å². The van der Waals surface area contributed by atoms with E-state index in [1.807, 2.05) is 31.2 Å². The van der Waals surface area contributed by atoms with E-state index in [4.69, 9.17) is 4.42 Å². The van der Waals surface area contributed by atoms with Gasteiger partial charge in [0.2, 0.25) is 0 Å². The number of nitrogens with zero attached hydrogens (tertiary/aromatic N) is 1. The average Bonchev–Trinajstić information content (AvgIpc) is 2.98. The third kappa shape index (κ3) is 2.91. The molecule has 0 unspecified atom stereocenters. The number of nitrogens with one attached hydrogen (secondary N) is 1. The van der Waals surface area contributed by atoms with Crippen molar-refractivity contribution in [1.82, 2.24) is 5.43 Å². The minimum atomic E-state index is -0.353. The van der Waals surface area contributed by atoms with Gasteiger partial charge in [0.05, 0.1) is 5.71 Å². The van der Waals surface area contributed by atoms with Crippen molar-refractivity contribution in [3.63, 3.8) is 0 Å². The van der Waals surface area contributed by atoms with Crippen LogP contribution in [0.25, 0.3) is 10.8 Å². The van der Waals surface area contributed by atoms with Crippen LogP contribution in [-0.4, -0.2) is 11.6 Å². The zero-order chi connectivity index (χ0) is 15.5. The van der Waals surface area contributed by atoms with Crippen molar-refractivity contribution >= 4 is 22.4 Å². The van der Waals surface area contributed by atoms with E-state index in [2.05, 4.69) is 28.7 Å².